The first-order chi connectivity index (χ1) is 5.57. The fourth-order valence-electron chi connectivity index (χ4n) is 0.469. The van der Waals surface area contributed by atoms with Crippen molar-refractivity contribution in [1.29, 1.82) is 5.41 Å². The summed E-state index contributed by atoms with van der Waals surface area (Å²) in [4.78, 5) is 5.52. The summed E-state index contributed by atoms with van der Waals surface area (Å²) in [6.45, 7) is 1.69. The maximum absolute atomic E-state index is 6.96. The van der Waals surface area contributed by atoms with E-state index in [0.717, 1.165) is 0 Å². The Bertz CT molecular complexity index is 247. The van der Waals surface area contributed by atoms with E-state index in [1.165, 1.54) is 0 Å². The molecule has 74 valence electrons. The predicted octanol–water partition coefficient (Wildman–Crippen LogP) is -0.210. The van der Waals surface area contributed by atoms with Gasteiger partial charge < -0.3 is 10.6 Å². The van der Waals surface area contributed by atoms with Gasteiger partial charge >= 0.3 is 0 Å². The summed E-state index contributed by atoms with van der Waals surface area (Å²) >= 11 is 0. The highest BCUT2D eigenvalue weighted by atomic mass is 35.5. The van der Waals surface area contributed by atoms with Crippen LogP contribution in [-0.4, -0.2) is 30.9 Å². The number of guanidine groups is 2. The van der Waals surface area contributed by atoms with Gasteiger partial charge in [-0.1, -0.05) is 5.92 Å². The smallest absolute Gasteiger partial charge is 0.214 e. The summed E-state index contributed by atoms with van der Waals surface area (Å²) in [6, 6.07) is 2.52. The Morgan fingerprint density at radius 3 is 2.38 bits per heavy atom. The summed E-state index contributed by atoms with van der Waals surface area (Å²) in [7, 11) is 3.57. The van der Waals surface area contributed by atoms with E-state index >= 15 is 0 Å². The van der Waals surface area contributed by atoms with Crippen molar-refractivity contribution >= 4 is 24.3 Å². The van der Waals surface area contributed by atoms with Crippen molar-refractivity contribution in [2.45, 2.75) is 6.92 Å². The van der Waals surface area contributed by atoms with Crippen LogP contribution < -0.4 is 11.1 Å². The Morgan fingerprint density at radius 1 is 1.54 bits per heavy atom. The molecular formula is C7H14ClN5. The quantitative estimate of drug-likeness (QED) is 0.290. The number of hydrogen-bond acceptors (Lipinski definition) is 2. The van der Waals surface area contributed by atoms with Gasteiger partial charge in [0.2, 0.25) is 5.96 Å². The lowest BCUT2D eigenvalue weighted by molar-refractivity contribution is 0.605. The molecule has 4 N–H and O–H groups in total. The van der Waals surface area contributed by atoms with E-state index in [-0.39, 0.29) is 18.4 Å². The van der Waals surface area contributed by atoms with Crippen molar-refractivity contribution < 1.29 is 0 Å². The van der Waals surface area contributed by atoms with E-state index in [1.54, 1.807) is 25.9 Å². The van der Waals surface area contributed by atoms with Gasteiger partial charge in [0, 0.05) is 20.1 Å². The van der Waals surface area contributed by atoms with Gasteiger partial charge in [0.15, 0.2) is 5.96 Å². The zero-order valence-corrected chi connectivity index (χ0v) is 8.70. The molecular weight excluding hydrogens is 190 g/mol. The Balaban J connectivity index is 0. The van der Waals surface area contributed by atoms with E-state index in [4.69, 9.17) is 11.1 Å². The average molecular weight is 204 g/mol. The van der Waals surface area contributed by atoms with Crippen LogP contribution in [0.1, 0.15) is 6.92 Å². The van der Waals surface area contributed by atoms with Crippen LogP contribution >= 0.6 is 12.4 Å². The zero-order valence-electron chi connectivity index (χ0n) is 7.88. The minimum absolute atomic E-state index is 0. The molecule has 5 nitrogen and oxygen atoms in total. The molecule has 0 spiro atoms. The molecule has 0 amide bonds. The van der Waals surface area contributed by atoms with Crippen LogP contribution in [-0.2, 0) is 0 Å². The summed E-state index contributed by atoms with van der Waals surface area (Å²) < 4.78 is 0. The van der Waals surface area contributed by atoms with Gasteiger partial charge in [0.1, 0.15) is 0 Å². The number of hydrogen-bond donors (Lipinski definition) is 3. The van der Waals surface area contributed by atoms with Crippen molar-refractivity contribution in [3.63, 3.8) is 0 Å². The first kappa shape index (κ1) is 14.1. The van der Waals surface area contributed by atoms with Crippen molar-refractivity contribution in [2.24, 2.45) is 10.7 Å². The van der Waals surface area contributed by atoms with Crippen molar-refractivity contribution in [2.75, 3.05) is 14.1 Å². The second-order valence-corrected chi connectivity index (χ2v) is 2.23. The third kappa shape index (κ3) is 6.97. The molecule has 0 aliphatic heterocycles. The van der Waals surface area contributed by atoms with Gasteiger partial charge in [-0.25, -0.2) is 0 Å². The van der Waals surface area contributed by atoms with Gasteiger partial charge in [-0.2, -0.15) is 4.99 Å². The Morgan fingerprint density at radius 2 is 2.08 bits per heavy atom. The van der Waals surface area contributed by atoms with Crippen LogP contribution in [0.2, 0.25) is 0 Å². The molecule has 0 atom stereocenters. The van der Waals surface area contributed by atoms with E-state index in [9.17, 15) is 0 Å². The molecule has 13 heavy (non-hydrogen) atoms. The van der Waals surface area contributed by atoms with Crippen molar-refractivity contribution in [1.82, 2.24) is 10.2 Å². The molecule has 0 bridgehead atoms. The van der Waals surface area contributed by atoms with E-state index in [0.29, 0.717) is 5.96 Å². The average Bonchev–Trinajstić information content (AvgIpc) is 1.96. The summed E-state index contributed by atoms with van der Waals surface area (Å²) in [6.07, 6.45) is 0. The zero-order chi connectivity index (χ0) is 9.56. The molecule has 6 heteroatoms. The summed E-state index contributed by atoms with van der Waals surface area (Å²) in [5.74, 6) is 2.91. The van der Waals surface area contributed by atoms with Crippen LogP contribution in [0.4, 0.5) is 0 Å². The monoisotopic (exact) mass is 203 g/mol. The minimum Gasteiger partial charge on any atom is -0.370 e. The van der Waals surface area contributed by atoms with Crippen LogP contribution in [0.25, 0.3) is 0 Å². The second kappa shape index (κ2) is 7.25. The predicted molar refractivity (Wildman–Crippen MR) is 56.9 cm³/mol. The molecule has 0 radical (unpaired) electrons. The largest absolute Gasteiger partial charge is 0.370 e. The van der Waals surface area contributed by atoms with Gasteiger partial charge in [-0.05, 0) is 6.92 Å². The molecule has 0 rings (SSSR count). The number of halogens is 1. The lowest BCUT2D eigenvalue weighted by Crippen LogP contribution is -2.43. The van der Waals surface area contributed by atoms with Crippen LogP contribution in [0.3, 0.4) is 0 Å². The first-order valence-electron chi connectivity index (χ1n) is 3.35. The molecule has 0 heterocycles. The lowest BCUT2D eigenvalue weighted by atomic mass is 10.7. The first-order valence-corrected chi connectivity index (χ1v) is 3.35. The van der Waals surface area contributed by atoms with Gasteiger partial charge in [-0.15, -0.1) is 12.4 Å². The summed E-state index contributed by atoms with van der Waals surface area (Å²) in [5.41, 5.74) is 5.12. The molecule has 0 saturated carbocycles. The highest BCUT2D eigenvalue weighted by Gasteiger charge is 1.99. The molecule has 0 unspecified atom stereocenters. The van der Waals surface area contributed by atoms with E-state index in [2.05, 4.69) is 22.3 Å². The normalized spacial score (nSPS) is 9.00. The Labute approximate surface area is 84.3 Å². The molecule has 0 aliphatic rings. The third-order valence-electron chi connectivity index (χ3n) is 0.944. The van der Waals surface area contributed by atoms with Crippen molar-refractivity contribution in [3.8, 4) is 12.0 Å². The number of nitrogens with zero attached hydrogens (tertiary/aromatic N) is 2. The standard InChI is InChI=1S/C7H13N5.ClH/c1-4-5-10-7(12(2)3)11-6(8)9;/h1-3H3,(H4,8,9,10,11);1H. The molecule has 0 aromatic heterocycles. The minimum atomic E-state index is -0.152. The molecule has 0 saturated heterocycles. The van der Waals surface area contributed by atoms with Crippen molar-refractivity contribution in [3.05, 3.63) is 0 Å². The van der Waals surface area contributed by atoms with Gasteiger partial charge in [0.05, 0.1) is 0 Å². The Hall–Kier alpha value is -1.41. The summed E-state index contributed by atoms with van der Waals surface area (Å²) in [5, 5.41) is 9.51. The Kier molecular flexibility index (Phi) is 7.88. The molecule has 0 aromatic rings. The van der Waals surface area contributed by atoms with Gasteiger partial charge in [0.25, 0.3) is 0 Å². The third-order valence-corrected chi connectivity index (χ3v) is 0.944. The van der Waals surface area contributed by atoms with Gasteiger partial charge in [-0.3, -0.25) is 10.7 Å². The fourth-order valence-corrected chi connectivity index (χ4v) is 0.469. The number of nitrogens with one attached hydrogen (secondary N) is 2. The lowest BCUT2D eigenvalue weighted by Gasteiger charge is -2.14. The molecule has 0 fully saturated rings. The van der Waals surface area contributed by atoms with E-state index in [1.807, 2.05) is 0 Å². The second-order valence-electron chi connectivity index (χ2n) is 2.23. The number of nitrogens with two attached hydrogens (primary N) is 1. The highest BCUT2D eigenvalue weighted by molar-refractivity contribution is 5.96. The topological polar surface area (TPSA) is 77.5 Å². The van der Waals surface area contributed by atoms with Crippen LogP contribution in [0.5, 0.6) is 0 Å². The van der Waals surface area contributed by atoms with E-state index < -0.39 is 0 Å². The number of rotatable bonds is 0. The van der Waals surface area contributed by atoms with Crippen LogP contribution in [0.15, 0.2) is 4.99 Å². The highest BCUT2D eigenvalue weighted by Crippen LogP contribution is 1.78. The number of aliphatic imine (C=N–C) groups is 1. The fraction of sp³-hybridized carbons (Fsp3) is 0.429. The molecule has 0 aromatic carbocycles. The van der Waals surface area contributed by atoms with Crippen LogP contribution in [0, 0.1) is 17.4 Å². The maximum atomic E-state index is 6.96. The maximum Gasteiger partial charge on any atom is 0.214 e. The SMILES string of the molecule is CC#CN=C(NC(=N)N)N(C)C.Cl. The molecule has 0 aliphatic carbocycles.